The summed E-state index contributed by atoms with van der Waals surface area (Å²) >= 11 is 0. The molecule has 0 unspecified atom stereocenters. The number of nitrogens with one attached hydrogen (secondary N) is 1. The number of aromatic nitrogens is 4. The first-order valence-corrected chi connectivity index (χ1v) is 8.73. The van der Waals surface area contributed by atoms with Gasteiger partial charge in [0.05, 0.1) is 0 Å². The van der Waals surface area contributed by atoms with Gasteiger partial charge in [-0.05, 0) is 30.5 Å². The molecule has 0 radical (unpaired) electrons. The lowest BCUT2D eigenvalue weighted by molar-refractivity contribution is 0.0932. The van der Waals surface area contributed by atoms with E-state index in [0.717, 1.165) is 17.5 Å². The zero-order valence-electron chi connectivity index (χ0n) is 15.5. The topological polar surface area (TPSA) is 120 Å². The molecule has 0 aliphatic rings. The van der Waals surface area contributed by atoms with E-state index in [2.05, 4.69) is 39.3 Å². The molecule has 1 aromatic carbocycles. The first kappa shape index (κ1) is 18.5. The summed E-state index contributed by atoms with van der Waals surface area (Å²) < 4.78 is 5.25. The van der Waals surface area contributed by atoms with Crippen LogP contribution in [0.1, 0.15) is 48.9 Å². The van der Waals surface area contributed by atoms with Gasteiger partial charge in [0.2, 0.25) is 11.8 Å². The number of amides is 1. The second-order valence-corrected chi connectivity index (χ2v) is 6.75. The zero-order valence-corrected chi connectivity index (χ0v) is 15.5. The number of rotatable bonds is 6. The predicted molar refractivity (Wildman–Crippen MR) is 101 cm³/mol. The van der Waals surface area contributed by atoms with E-state index < -0.39 is 0 Å². The lowest BCUT2D eigenvalue weighted by Crippen LogP contribution is -2.26. The summed E-state index contributed by atoms with van der Waals surface area (Å²) in [7, 11) is 0. The van der Waals surface area contributed by atoms with Gasteiger partial charge in [0.1, 0.15) is 6.04 Å². The molecule has 3 aromatic rings. The molecule has 3 rings (SSSR count). The van der Waals surface area contributed by atoms with Gasteiger partial charge in [-0.15, -0.1) is 0 Å². The van der Waals surface area contributed by atoms with Gasteiger partial charge >= 0.3 is 0 Å². The van der Waals surface area contributed by atoms with Gasteiger partial charge in [-0.3, -0.25) is 4.79 Å². The number of anilines is 1. The molecule has 0 saturated carbocycles. The highest BCUT2D eigenvalue weighted by atomic mass is 16.5. The van der Waals surface area contributed by atoms with Crippen molar-refractivity contribution in [1.29, 1.82) is 0 Å². The quantitative estimate of drug-likeness (QED) is 0.688. The largest absolute Gasteiger partial charge is 0.368 e. The SMILES string of the molecule is CC(C)Cc1noc([C@@H](C)NC(=O)c2ccc(-c3cnc(N)nc3)cc2)n1. The minimum atomic E-state index is -0.379. The molecule has 27 heavy (non-hydrogen) atoms. The monoisotopic (exact) mass is 366 g/mol. The minimum absolute atomic E-state index is 0.216. The number of hydrogen-bond donors (Lipinski definition) is 2. The van der Waals surface area contributed by atoms with Crippen molar-refractivity contribution in [3.63, 3.8) is 0 Å². The van der Waals surface area contributed by atoms with Crippen molar-refractivity contribution in [1.82, 2.24) is 25.4 Å². The fourth-order valence-corrected chi connectivity index (χ4v) is 2.53. The number of carbonyl (C=O) groups is 1. The Kier molecular flexibility index (Phi) is 5.44. The summed E-state index contributed by atoms with van der Waals surface area (Å²) in [4.78, 5) is 24.7. The van der Waals surface area contributed by atoms with Gasteiger partial charge in [0.15, 0.2) is 5.82 Å². The minimum Gasteiger partial charge on any atom is -0.368 e. The third kappa shape index (κ3) is 4.66. The summed E-state index contributed by atoms with van der Waals surface area (Å²) in [5.41, 5.74) is 7.75. The number of hydrogen-bond acceptors (Lipinski definition) is 7. The molecule has 2 aromatic heterocycles. The molecule has 1 amide bonds. The van der Waals surface area contributed by atoms with E-state index in [1.54, 1.807) is 24.5 Å². The molecule has 0 aliphatic carbocycles. The summed E-state index contributed by atoms with van der Waals surface area (Å²) in [5.74, 6) is 1.49. The molecule has 140 valence electrons. The normalized spacial score (nSPS) is 12.1. The van der Waals surface area contributed by atoms with Crippen LogP contribution in [-0.4, -0.2) is 26.0 Å². The standard InChI is InChI=1S/C19H22N6O2/c1-11(2)8-16-24-18(27-25-16)12(3)23-17(26)14-6-4-13(5-7-14)15-9-21-19(20)22-10-15/h4-7,9-12H,8H2,1-3H3,(H,23,26)(H2,20,21,22)/t12-/m1/s1. The second kappa shape index (κ2) is 7.94. The zero-order chi connectivity index (χ0) is 19.4. The lowest BCUT2D eigenvalue weighted by Gasteiger charge is -2.10. The smallest absolute Gasteiger partial charge is 0.251 e. The Morgan fingerprint density at radius 3 is 2.41 bits per heavy atom. The van der Waals surface area contributed by atoms with Crippen LogP contribution in [0.4, 0.5) is 5.95 Å². The highest BCUT2D eigenvalue weighted by Gasteiger charge is 2.18. The first-order chi connectivity index (χ1) is 12.9. The second-order valence-electron chi connectivity index (χ2n) is 6.75. The number of nitrogens with zero attached hydrogens (tertiary/aromatic N) is 4. The lowest BCUT2D eigenvalue weighted by atomic mass is 10.1. The van der Waals surface area contributed by atoms with Crippen molar-refractivity contribution in [3.8, 4) is 11.1 Å². The molecule has 0 bridgehead atoms. The predicted octanol–water partition coefficient (Wildman–Crippen LogP) is 2.80. The van der Waals surface area contributed by atoms with Crippen molar-refractivity contribution in [2.24, 2.45) is 5.92 Å². The fourth-order valence-electron chi connectivity index (χ4n) is 2.53. The first-order valence-electron chi connectivity index (χ1n) is 8.73. The Bertz CT molecular complexity index is 903. The highest BCUT2D eigenvalue weighted by molar-refractivity contribution is 5.94. The van der Waals surface area contributed by atoms with Crippen LogP contribution < -0.4 is 11.1 Å². The third-order valence-corrected chi connectivity index (χ3v) is 3.94. The summed E-state index contributed by atoms with van der Waals surface area (Å²) in [6.07, 6.45) is 4.02. The molecule has 8 nitrogen and oxygen atoms in total. The van der Waals surface area contributed by atoms with E-state index in [9.17, 15) is 4.79 Å². The van der Waals surface area contributed by atoms with Gasteiger partial charge in [-0.2, -0.15) is 4.98 Å². The van der Waals surface area contributed by atoms with Crippen molar-refractivity contribution in [3.05, 3.63) is 53.9 Å². The van der Waals surface area contributed by atoms with E-state index >= 15 is 0 Å². The van der Waals surface area contributed by atoms with Crippen molar-refractivity contribution in [2.75, 3.05) is 5.73 Å². The number of carbonyl (C=O) groups excluding carboxylic acids is 1. The van der Waals surface area contributed by atoms with E-state index in [1.807, 2.05) is 19.1 Å². The Morgan fingerprint density at radius 1 is 1.11 bits per heavy atom. The van der Waals surface area contributed by atoms with E-state index in [-0.39, 0.29) is 17.9 Å². The average Bonchev–Trinajstić information content (AvgIpc) is 3.10. The number of nitrogens with two attached hydrogens (primary N) is 1. The molecule has 2 heterocycles. The molecule has 0 saturated heterocycles. The summed E-state index contributed by atoms with van der Waals surface area (Å²) in [6, 6.07) is 6.78. The van der Waals surface area contributed by atoms with Crippen LogP contribution in [0, 0.1) is 5.92 Å². The van der Waals surface area contributed by atoms with Crippen LogP contribution in [0.25, 0.3) is 11.1 Å². The van der Waals surface area contributed by atoms with Gasteiger partial charge in [0.25, 0.3) is 5.91 Å². The van der Waals surface area contributed by atoms with E-state index in [4.69, 9.17) is 10.3 Å². The van der Waals surface area contributed by atoms with Crippen LogP contribution in [0.5, 0.6) is 0 Å². The highest BCUT2D eigenvalue weighted by Crippen LogP contribution is 2.19. The molecule has 0 aliphatic heterocycles. The van der Waals surface area contributed by atoms with Crippen LogP contribution in [0.3, 0.4) is 0 Å². The number of benzene rings is 1. The van der Waals surface area contributed by atoms with Crippen LogP contribution in [-0.2, 0) is 6.42 Å². The van der Waals surface area contributed by atoms with E-state index in [0.29, 0.717) is 23.2 Å². The average molecular weight is 366 g/mol. The fraction of sp³-hybridized carbons (Fsp3) is 0.316. The molecule has 0 spiro atoms. The van der Waals surface area contributed by atoms with Gasteiger partial charge in [-0.25, -0.2) is 9.97 Å². The van der Waals surface area contributed by atoms with Gasteiger partial charge in [-0.1, -0.05) is 31.1 Å². The van der Waals surface area contributed by atoms with Crippen LogP contribution in [0.15, 0.2) is 41.2 Å². The maximum atomic E-state index is 12.5. The number of nitrogen functional groups attached to an aromatic ring is 1. The molecule has 8 heteroatoms. The summed E-state index contributed by atoms with van der Waals surface area (Å²) in [5, 5.41) is 6.82. The van der Waals surface area contributed by atoms with Crippen molar-refractivity contribution >= 4 is 11.9 Å². The van der Waals surface area contributed by atoms with Crippen molar-refractivity contribution in [2.45, 2.75) is 33.2 Å². The molecule has 1 atom stereocenters. The molecule has 0 fully saturated rings. The molecule has 3 N–H and O–H groups in total. The van der Waals surface area contributed by atoms with E-state index in [1.165, 1.54) is 0 Å². The van der Waals surface area contributed by atoms with Crippen LogP contribution in [0.2, 0.25) is 0 Å². The van der Waals surface area contributed by atoms with Crippen molar-refractivity contribution < 1.29 is 9.32 Å². The molecular weight excluding hydrogens is 344 g/mol. The van der Waals surface area contributed by atoms with Gasteiger partial charge < -0.3 is 15.6 Å². The van der Waals surface area contributed by atoms with Gasteiger partial charge in [0, 0.05) is 29.9 Å². The Morgan fingerprint density at radius 2 is 1.78 bits per heavy atom. The van der Waals surface area contributed by atoms with Crippen LogP contribution >= 0.6 is 0 Å². The molecular formula is C19H22N6O2. The maximum absolute atomic E-state index is 12.5. The Hall–Kier alpha value is -3.29. The Labute approximate surface area is 157 Å². The Balaban J connectivity index is 1.65. The maximum Gasteiger partial charge on any atom is 0.251 e. The summed E-state index contributed by atoms with van der Waals surface area (Å²) in [6.45, 7) is 5.98. The third-order valence-electron chi connectivity index (χ3n) is 3.94.